The van der Waals surface area contributed by atoms with Gasteiger partial charge < -0.3 is 10.2 Å². The monoisotopic (exact) mass is 400 g/mol. The molecule has 150 valence electrons. The molecular formula is C23H29ClN2O2. The fourth-order valence-corrected chi connectivity index (χ4v) is 3.17. The summed E-state index contributed by atoms with van der Waals surface area (Å²) in [6, 6.07) is 12.9. The van der Waals surface area contributed by atoms with Crippen LogP contribution in [-0.4, -0.2) is 29.3 Å². The lowest BCUT2D eigenvalue weighted by atomic mass is 10.0. The van der Waals surface area contributed by atoms with Crippen molar-refractivity contribution in [2.75, 3.05) is 6.54 Å². The molecule has 0 aliphatic carbocycles. The Hall–Kier alpha value is -2.33. The van der Waals surface area contributed by atoms with Gasteiger partial charge in [0.1, 0.15) is 6.04 Å². The first-order chi connectivity index (χ1) is 13.3. The molecule has 4 nitrogen and oxygen atoms in total. The summed E-state index contributed by atoms with van der Waals surface area (Å²) in [5.41, 5.74) is 4.11. The van der Waals surface area contributed by atoms with Crippen LogP contribution in [0.3, 0.4) is 0 Å². The number of nitrogens with zero attached hydrogens (tertiary/aromatic N) is 1. The highest BCUT2D eigenvalue weighted by Gasteiger charge is 2.26. The fourth-order valence-electron chi connectivity index (χ4n) is 2.98. The van der Waals surface area contributed by atoms with Gasteiger partial charge in [0, 0.05) is 18.1 Å². The first kappa shape index (κ1) is 22.0. The van der Waals surface area contributed by atoms with E-state index in [1.807, 2.05) is 57.2 Å². The summed E-state index contributed by atoms with van der Waals surface area (Å²) in [7, 11) is 0. The van der Waals surface area contributed by atoms with Gasteiger partial charge >= 0.3 is 0 Å². The maximum Gasteiger partial charge on any atom is 0.242 e. The standard InChI is InChI=1S/C23H29ClN2O2/c1-5-12-25-23(28)18(4)26(15-20-8-6-7-9-21(20)24)22(27)14-19-11-10-16(2)17(3)13-19/h6-11,13,18H,5,12,14-15H2,1-4H3,(H,25,28). The van der Waals surface area contributed by atoms with Gasteiger partial charge in [-0.3, -0.25) is 9.59 Å². The Morgan fingerprint density at radius 3 is 2.46 bits per heavy atom. The number of amides is 2. The molecule has 1 N–H and O–H groups in total. The van der Waals surface area contributed by atoms with E-state index in [1.165, 1.54) is 5.56 Å². The van der Waals surface area contributed by atoms with Crippen LogP contribution in [0.5, 0.6) is 0 Å². The molecule has 2 amide bonds. The maximum absolute atomic E-state index is 13.1. The lowest BCUT2D eigenvalue weighted by molar-refractivity contribution is -0.140. The number of benzene rings is 2. The van der Waals surface area contributed by atoms with Gasteiger partial charge in [-0.15, -0.1) is 0 Å². The van der Waals surface area contributed by atoms with Crippen LogP contribution in [0.25, 0.3) is 0 Å². The quantitative estimate of drug-likeness (QED) is 0.711. The van der Waals surface area contributed by atoms with Crippen molar-refractivity contribution in [3.05, 3.63) is 69.7 Å². The summed E-state index contributed by atoms with van der Waals surface area (Å²) in [5, 5.41) is 3.47. The minimum Gasteiger partial charge on any atom is -0.354 e. The topological polar surface area (TPSA) is 49.4 Å². The Balaban J connectivity index is 2.25. The molecule has 28 heavy (non-hydrogen) atoms. The number of hydrogen-bond acceptors (Lipinski definition) is 2. The minimum absolute atomic E-state index is 0.0951. The molecule has 0 spiro atoms. The second-order valence-electron chi connectivity index (χ2n) is 7.18. The molecule has 0 saturated carbocycles. The third-order valence-corrected chi connectivity index (χ3v) is 5.31. The molecule has 0 bridgehead atoms. The van der Waals surface area contributed by atoms with Crippen molar-refractivity contribution < 1.29 is 9.59 Å². The van der Waals surface area contributed by atoms with E-state index in [0.717, 1.165) is 23.1 Å². The molecule has 1 unspecified atom stereocenters. The van der Waals surface area contributed by atoms with Gasteiger partial charge in [0.05, 0.1) is 6.42 Å². The Morgan fingerprint density at radius 1 is 1.11 bits per heavy atom. The Kier molecular flexibility index (Phi) is 8.06. The highest BCUT2D eigenvalue weighted by Crippen LogP contribution is 2.20. The van der Waals surface area contributed by atoms with Crippen LogP contribution in [-0.2, 0) is 22.6 Å². The maximum atomic E-state index is 13.1. The van der Waals surface area contributed by atoms with Crippen molar-refractivity contribution in [2.45, 2.75) is 53.1 Å². The van der Waals surface area contributed by atoms with E-state index in [4.69, 9.17) is 11.6 Å². The number of aryl methyl sites for hydroxylation is 2. The third kappa shape index (κ3) is 5.83. The summed E-state index contributed by atoms with van der Waals surface area (Å²) in [6.45, 7) is 8.73. The van der Waals surface area contributed by atoms with Gasteiger partial charge in [0.15, 0.2) is 0 Å². The molecule has 0 aliphatic heterocycles. The lowest BCUT2D eigenvalue weighted by Crippen LogP contribution is -2.48. The summed E-state index contributed by atoms with van der Waals surface area (Å²) < 4.78 is 0. The third-order valence-electron chi connectivity index (χ3n) is 4.94. The molecule has 1 atom stereocenters. The molecule has 0 saturated heterocycles. The minimum atomic E-state index is -0.582. The lowest BCUT2D eigenvalue weighted by Gasteiger charge is -2.29. The molecule has 0 heterocycles. The second-order valence-corrected chi connectivity index (χ2v) is 7.58. The van der Waals surface area contributed by atoms with Crippen LogP contribution < -0.4 is 5.32 Å². The summed E-state index contributed by atoms with van der Waals surface area (Å²) in [4.78, 5) is 27.3. The molecule has 0 radical (unpaired) electrons. The smallest absolute Gasteiger partial charge is 0.242 e. The number of carbonyl (C=O) groups excluding carboxylic acids is 2. The molecular weight excluding hydrogens is 372 g/mol. The molecule has 2 aromatic carbocycles. The van der Waals surface area contributed by atoms with Gasteiger partial charge in [-0.25, -0.2) is 0 Å². The van der Waals surface area contributed by atoms with Gasteiger partial charge in [-0.1, -0.05) is 54.9 Å². The fraction of sp³-hybridized carbons (Fsp3) is 0.391. The van der Waals surface area contributed by atoms with Crippen molar-refractivity contribution in [3.63, 3.8) is 0 Å². The van der Waals surface area contributed by atoms with Gasteiger partial charge in [0.2, 0.25) is 11.8 Å². The summed E-state index contributed by atoms with van der Waals surface area (Å²) in [5.74, 6) is -0.246. The zero-order valence-corrected chi connectivity index (χ0v) is 17.8. The average Bonchev–Trinajstić information content (AvgIpc) is 2.67. The Morgan fingerprint density at radius 2 is 1.82 bits per heavy atom. The Bertz CT molecular complexity index is 835. The van der Waals surface area contributed by atoms with E-state index in [9.17, 15) is 9.59 Å². The predicted octanol–water partition coefficient (Wildman–Crippen LogP) is 4.44. The van der Waals surface area contributed by atoms with Crippen molar-refractivity contribution in [2.24, 2.45) is 0 Å². The van der Waals surface area contributed by atoms with Crippen LogP contribution in [0.15, 0.2) is 42.5 Å². The first-order valence-corrected chi connectivity index (χ1v) is 10.1. The van der Waals surface area contributed by atoms with E-state index in [0.29, 0.717) is 18.1 Å². The van der Waals surface area contributed by atoms with E-state index < -0.39 is 6.04 Å². The molecule has 0 aliphatic rings. The van der Waals surface area contributed by atoms with Gasteiger partial charge in [0.25, 0.3) is 0 Å². The van der Waals surface area contributed by atoms with Crippen molar-refractivity contribution in [1.29, 1.82) is 0 Å². The van der Waals surface area contributed by atoms with Gasteiger partial charge in [-0.05, 0) is 55.5 Å². The SMILES string of the molecule is CCCNC(=O)C(C)N(Cc1ccccc1Cl)C(=O)Cc1ccc(C)c(C)c1. The zero-order valence-electron chi connectivity index (χ0n) is 17.1. The van der Waals surface area contributed by atoms with Crippen LogP contribution >= 0.6 is 11.6 Å². The van der Waals surface area contributed by atoms with E-state index in [1.54, 1.807) is 17.9 Å². The van der Waals surface area contributed by atoms with E-state index in [-0.39, 0.29) is 18.2 Å². The van der Waals surface area contributed by atoms with Gasteiger partial charge in [-0.2, -0.15) is 0 Å². The van der Waals surface area contributed by atoms with Crippen LogP contribution in [0, 0.1) is 13.8 Å². The number of carbonyl (C=O) groups is 2. The van der Waals surface area contributed by atoms with Crippen LogP contribution in [0.2, 0.25) is 5.02 Å². The molecule has 0 aromatic heterocycles. The molecule has 2 aromatic rings. The number of rotatable bonds is 8. The molecule has 0 fully saturated rings. The largest absolute Gasteiger partial charge is 0.354 e. The molecule has 5 heteroatoms. The average molecular weight is 401 g/mol. The number of hydrogen-bond donors (Lipinski definition) is 1. The van der Waals surface area contributed by atoms with Crippen LogP contribution in [0.4, 0.5) is 0 Å². The highest BCUT2D eigenvalue weighted by atomic mass is 35.5. The normalized spacial score (nSPS) is 11.8. The van der Waals surface area contributed by atoms with E-state index in [2.05, 4.69) is 5.32 Å². The second kappa shape index (κ2) is 10.3. The van der Waals surface area contributed by atoms with Crippen molar-refractivity contribution in [3.8, 4) is 0 Å². The first-order valence-electron chi connectivity index (χ1n) is 9.70. The van der Waals surface area contributed by atoms with Crippen LogP contribution in [0.1, 0.15) is 42.5 Å². The number of nitrogens with one attached hydrogen (secondary N) is 1. The number of halogens is 1. The predicted molar refractivity (Wildman–Crippen MR) is 114 cm³/mol. The summed E-state index contributed by atoms with van der Waals surface area (Å²) in [6.07, 6.45) is 1.09. The van der Waals surface area contributed by atoms with Crippen molar-refractivity contribution in [1.82, 2.24) is 10.2 Å². The summed E-state index contributed by atoms with van der Waals surface area (Å²) >= 11 is 6.30. The Labute approximate surface area is 172 Å². The highest BCUT2D eigenvalue weighted by molar-refractivity contribution is 6.31. The van der Waals surface area contributed by atoms with Crippen molar-refractivity contribution >= 4 is 23.4 Å². The van der Waals surface area contributed by atoms with E-state index >= 15 is 0 Å². The molecule has 2 rings (SSSR count). The zero-order chi connectivity index (χ0) is 20.7.